The van der Waals surface area contributed by atoms with Gasteiger partial charge < -0.3 is 16.2 Å². The number of hydrogen-bond acceptors (Lipinski definition) is 5. The fraction of sp³-hybridized carbons (Fsp3) is 0.154. The Morgan fingerprint density at radius 2 is 2.05 bits per heavy atom. The standard InChI is InChI=1S/C13H13N3O3S/c1-6-11(20-7(2)15-6)12(17)16-10-5-8(14)3-4-9(10)13(18)19/h3-5H,14H2,1-2H3,(H,16,17)(H,18,19). The van der Waals surface area contributed by atoms with Crippen LogP contribution >= 0.6 is 11.3 Å². The molecule has 0 aliphatic heterocycles. The molecular formula is C13H13N3O3S. The predicted molar refractivity (Wildman–Crippen MR) is 77.4 cm³/mol. The van der Waals surface area contributed by atoms with E-state index in [1.165, 1.54) is 29.5 Å². The first-order valence-electron chi connectivity index (χ1n) is 5.76. The molecular weight excluding hydrogens is 278 g/mol. The largest absolute Gasteiger partial charge is 0.478 e. The average Bonchev–Trinajstić information content (AvgIpc) is 2.68. The molecule has 20 heavy (non-hydrogen) atoms. The van der Waals surface area contributed by atoms with E-state index in [0.717, 1.165) is 5.01 Å². The predicted octanol–water partition coefficient (Wildman–Crippen LogP) is 2.29. The zero-order valence-electron chi connectivity index (χ0n) is 10.9. The number of rotatable bonds is 3. The van der Waals surface area contributed by atoms with Crippen LogP contribution in [0.1, 0.15) is 30.7 Å². The number of carbonyl (C=O) groups excluding carboxylic acids is 1. The number of hydrogen-bond donors (Lipinski definition) is 3. The van der Waals surface area contributed by atoms with Gasteiger partial charge in [-0.3, -0.25) is 4.79 Å². The maximum absolute atomic E-state index is 12.2. The number of amides is 1. The Morgan fingerprint density at radius 1 is 1.35 bits per heavy atom. The molecule has 6 nitrogen and oxygen atoms in total. The molecule has 1 aromatic carbocycles. The number of nitrogens with one attached hydrogen (secondary N) is 1. The van der Waals surface area contributed by atoms with Crippen molar-refractivity contribution in [1.29, 1.82) is 0 Å². The van der Waals surface area contributed by atoms with E-state index in [4.69, 9.17) is 10.8 Å². The molecule has 1 amide bonds. The number of benzene rings is 1. The summed E-state index contributed by atoms with van der Waals surface area (Å²) in [4.78, 5) is 27.9. The summed E-state index contributed by atoms with van der Waals surface area (Å²) in [5.74, 6) is -1.52. The summed E-state index contributed by atoms with van der Waals surface area (Å²) in [6.07, 6.45) is 0. The highest BCUT2D eigenvalue weighted by molar-refractivity contribution is 7.13. The van der Waals surface area contributed by atoms with Crippen LogP contribution in [0.4, 0.5) is 11.4 Å². The number of aromatic nitrogens is 1. The summed E-state index contributed by atoms with van der Waals surface area (Å²) < 4.78 is 0. The first-order chi connectivity index (χ1) is 9.38. The lowest BCUT2D eigenvalue weighted by molar-refractivity contribution is 0.0698. The SMILES string of the molecule is Cc1nc(C)c(C(=O)Nc2cc(N)ccc2C(=O)O)s1. The van der Waals surface area contributed by atoms with Crippen LogP contribution in [0.3, 0.4) is 0 Å². The van der Waals surface area contributed by atoms with Gasteiger partial charge in [0.05, 0.1) is 22.0 Å². The van der Waals surface area contributed by atoms with Crippen molar-refractivity contribution >= 4 is 34.6 Å². The third-order valence-corrected chi connectivity index (χ3v) is 3.70. The molecule has 4 N–H and O–H groups in total. The van der Waals surface area contributed by atoms with Gasteiger partial charge in [0.25, 0.3) is 5.91 Å². The van der Waals surface area contributed by atoms with Gasteiger partial charge in [-0.25, -0.2) is 9.78 Å². The highest BCUT2D eigenvalue weighted by Gasteiger charge is 2.17. The molecule has 0 saturated carbocycles. The summed E-state index contributed by atoms with van der Waals surface area (Å²) in [5.41, 5.74) is 6.78. The molecule has 0 fully saturated rings. The average molecular weight is 291 g/mol. The van der Waals surface area contributed by atoms with Crippen LogP contribution in [0.15, 0.2) is 18.2 Å². The lowest BCUT2D eigenvalue weighted by Gasteiger charge is -2.08. The summed E-state index contributed by atoms with van der Waals surface area (Å²) >= 11 is 1.26. The minimum absolute atomic E-state index is 0.00793. The molecule has 0 spiro atoms. The van der Waals surface area contributed by atoms with Crippen molar-refractivity contribution in [1.82, 2.24) is 4.98 Å². The molecule has 7 heteroatoms. The second kappa shape index (κ2) is 5.30. The summed E-state index contributed by atoms with van der Waals surface area (Å²) in [6.45, 7) is 3.54. The van der Waals surface area contributed by atoms with Gasteiger partial charge in [0.1, 0.15) is 4.88 Å². The van der Waals surface area contributed by atoms with Gasteiger partial charge in [0, 0.05) is 5.69 Å². The zero-order valence-corrected chi connectivity index (χ0v) is 11.7. The van der Waals surface area contributed by atoms with Crippen molar-refractivity contribution in [3.05, 3.63) is 39.3 Å². The topological polar surface area (TPSA) is 105 Å². The van der Waals surface area contributed by atoms with Gasteiger partial charge in [-0.05, 0) is 32.0 Å². The van der Waals surface area contributed by atoms with Crippen LogP contribution in [0, 0.1) is 13.8 Å². The summed E-state index contributed by atoms with van der Waals surface area (Å²) in [7, 11) is 0. The number of anilines is 2. The van der Waals surface area contributed by atoms with Crippen molar-refractivity contribution in [2.75, 3.05) is 11.1 Å². The number of carbonyl (C=O) groups is 2. The molecule has 0 radical (unpaired) electrons. The minimum atomic E-state index is -1.13. The maximum atomic E-state index is 12.2. The van der Waals surface area contributed by atoms with Crippen LogP contribution < -0.4 is 11.1 Å². The van der Waals surface area contributed by atoms with Crippen LogP contribution in [0.25, 0.3) is 0 Å². The number of nitrogens with two attached hydrogens (primary N) is 1. The second-order valence-corrected chi connectivity index (χ2v) is 5.41. The molecule has 104 valence electrons. The van der Waals surface area contributed by atoms with E-state index in [0.29, 0.717) is 16.3 Å². The van der Waals surface area contributed by atoms with Crippen molar-refractivity contribution in [3.8, 4) is 0 Å². The van der Waals surface area contributed by atoms with Crippen molar-refractivity contribution < 1.29 is 14.7 Å². The fourth-order valence-electron chi connectivity index (χ4n) is 1.77. The van der Waals surface area contributed by atoms with Crippen LogP contribution in [0.5, 0.6) is 0 Å². The van der Waals surface area contributed by atoms with Crippen LogP contribution in [-0.2, 0) is 0 Å². The maximum Gasteiger partial charge on any atom is 0.337 e. The van der Waals surface area contributed by atoms with Crippen LogP contribution in [-0.4, -0.2) is 22.0 Å². The smallest absolute Gasteiger partial charge is 0.337 e. The van der Waals surface area contributed by atoms with Gasteiger partial charge in [-0.1, -0.05) is 0 Å². The van der Waals surface area contributed by atoms with E-state index < -0.39 is 5.97 Å². The van der Waals surface area contributed by atoms with Crippen molar-refractivity contribution in [2.45, 2.75) is 13.8 Å². The van der Waals surface area contributed by atoms with Gasteiger partial charge in [0.2, 0.25) is 0 Å². The number of aromatic carboxylic acids is 1. The number of nitrogen functional groups attached to an aromatic ring is 1. The van der Waals surface area contributed by atoms with Gasteiger partial charge in [0.15, 0.2) is 0 Å². The molecule has 0 aliphatic carbocycles. The quantitative estimate of drug-likeness (QED) is 0.752. The van der Waals surface area contributed by atoms with Crippen molar-refractivity contribution in [2.24, 2.45) is 0 Å². The van der Waals surface area contributed by atoms with Gasteiger partial charge in [-0.2, -0.15) is 0 Å². The number of carboxylic acids is 1. The molecule has 0 bridgehead atoms. The molecule has 0 aliphatic rings. The molecule has 0 saturated heterocycles. The number of nitrogens with zero attached hydrogens (tertiary/aromatic N) is 1. The second-order valence-electron chi connectivity index (χ2n) is 4.21. The van der Waals surface area contributed by atoms with Gasteiger partial charge >= 0.3 is 5.97 Å². The monoisotopic (exact) mass is 291 g/mol. The molecule has 0 atom stereocenters. The Hall–Kier alpha value is -2.41. The zero-order chi connectivity index (χ0) is 14.9. The number of carboxylic acid groups (broad SMARTS) is 1. The van der Waals surface area contributed by atoms with E-state index in [1.807, 2.05) is 0 Å². The Kier molecular flexibility index (Phi) is 3.71. The van der Waals surface area contributed by atoms with E-state index >= 15 is 0 Å². The number of aryl methyl sites for hydroxylation is 2. The lowest BCUT2D eigenvalue weighted by Crippen LogP contribution is -2.15. The molecule has 1 heterocycles. The Morgan fingerprint density at radius 3 is 2.60 bits per heavy atom. The van der Waals surface area contributed by atoms with Crippen molar-refractivity contribution in [3.63, 3.8) is 0 Å². The summed E-state index contributed by atoms with van der Waals surface area (Å²) in [6, 6.07) is 4.25. The Labute approximate surface area is 119 Å². The summed E-state index contributed by atoms with van der Waals surface area (Å²) in [5, 5.41) is 12.4. The highest BCUT2D eigenvalue weighted by atomic mass is 32.1. The van der Waals surface area contributed by atoms with E-state index in [1.54, 1.807) is 13.8 Å². The highest BCUT2D eigenvalue weighted by Crippen LogP contribution is 2.23. The molecule has 0 unspecified atom stereocenters. The first kappa shape index (κ1) is 14.0. The normalized spacial score (nSPS) is 10.3. The third-order valence-electron chi connectivity index (χ3n) is 2.63. The third kappa shape index (κ3) is 2.77. The fourth-order valence-corrected chi connectivity index (χ4v) is 2.59. The van der Waals surface area contributed by atoms with E-state index in [-0.39, 0.29) is 17.2 Å². The minimum Gasteiger partial charge on any atom is -0.478 e. The molecule has 1 aromatic heterocycles. The number of thiazole rings is 1. The first-order valence-corrected chi connectivity index (χ1v) is 6.58. The molecule has 2 aromatic rings. The molecule has 2 rings (SSSR count). The van der Waals surface area contributed by atoms with E-state index in [2.05, 4.69) is 10.3 Å². The van der Waals surface area contributed by atoms with Crippen LogP contribution in [0.2, 0.25) is 0 Å². The van der Waals surface area contributed by atoms with E-state index in [9.17, 15) is 9.59 Å². The lowest BCUT2D eigenvalue weighted by atomic mass is 10.1. The van der Waals surface area contributed by atoms with Gasteiger partial charge in [-0.15, -0.1) is 11.3 Å². The Bertz CT molecular complexity index is 694. The Balaban J connectivity index is 2.34.